The van der Waals surface area contributed by atoms with Crippen LogP contribution in [-0.4, -0.2) is 67.9 Å². The van der Waals surface area contributed by atoms with Crippen LogP contribution in [0.1, 0.15) is 62.8 Å². The molecule has 1 amide bonds. The number of carboxylic acid groups (broad SMARTS) is 1. The highest BCUT2D eigenvalue weighted by Gasteiger charge is 2.59. The molecule has 8 nitrogen and oxygen atoms in total. The molecule has 0 aliphatic carbocycles. The number of rotatable bonds is 8. The van der Waals surface area contributed by atoms with E-state index >= 15 is 0 Å². The Kier molecular flexibility index (Phi) is 9.66. The van der Waals surface area contributed by atoms with Gasteiger partial charge in [0.25, 0.3) is 5.91 Å². The van der Waals surface area contributed by atoms with Gasteiger partial charge in [0.2, 0.25) is 0 Å². The molecular weight excluding hydrogens is 563 g/mol. The number of ether oxygens (including phenoxy) is 2. The number of alkyl halides is 3. The van der Waals surface area contributed by atoms with Gasteiger partial charge in [-0.25, -0.2) is 4.79 Å². The van der Waals surface area contributed by atoms with Gasteiger partial charge < -0.3 is 29.7 Å². The Morgan fingerprint density at radius 1 is 1.12 bits per heavy atom. The van der Waals surface area contributed by atoms with Gasteiger partial charge in [-0.15, -0.1) is 0 Å². The van der Waals surface area contributed by atoms with Crippen LogP contribution in [0.15, 0.2) is 42.5 Å². The molecule has 43 heavy (non-hydrogen) atoms. The van der Waals surface area contributed by atoms with Crippen LogP contribution in [0.4, 0.5) is 18.9 Å². The molecule has 0 radical (unpaired) electrons. The molecule has 2 N–H and O–H groups in total. The Morgan fingerprint density at radius 3 is 2.37 bits per heavy atom. The van der Waals surface area contributed by atoms with Crippen molar-refractivity contribution in [2.75, 3.05) is 32.7 Å². The van der Waals surface area contributed by atoms with E-state index in [2.05, 4.69) is 5.32 Å². The van der Waals surface area contributed by atoms with E-state index in [1.165, 1.54) is 18.1 Å². The summed E-state index contributed by atoms with van der Waals surface area (Å²) in [6.07, 6.45) is -3.13. The van der Waals surface area contributed by atoms with E-state index in [-0.39, 0.29) is 18.2 Å². The Morgan fingerprint density at radius 2 is 1.81 bits per heavy atom. The Labute approximate surface area is 251 Å². The molecule has 2 aliphatic heterocycles. The fraction of sp³-hybridized carbons (Fsp3) is 0.562. The van der Waals surface area contributed by atoms with Crippen LogP contribution < -0.4 is 15.0 Å². The van der Waals surface area contributed by atoms with Crippen molar-refractivity contribution in [3.05, 3.63) is 59.2 Å². The van der Waals surface area contributed by atoms with Gasteiger partial charge in [-0.2, -0.15) is 13.2 Å². The first kappa shape index (κ1) is 32.6. The summed E-state index contributed by atoms with van der Waals surface area (Å²) in [5.74, 6) is -1.99. The third-order valence-electron chi connectivity index (χ3n) is 8.51. The second-order valence-corrected chi connectivity index (χ2v) is 12.6. The zero-order chi connectivity index (χ0) is 31.7. The number of nitrogens with one attached hydrogen (secondary N) is 1. The number of hydrogen-bond donors (Lipinski definition) is 2. The molecule has 5 atom stereocenters. The summed E-state index contributed by atoms with van der Waals surface area (Å²) in [5.41, 5.74) is 0.669. The first-order valence-corrected chi connectivity index (χ1v) is 14.6. The number of carbonyl (C=O) groups excluding carboxylic acids is 1. The topological polar surface area (TPSA) is 91.3 Å². The predicted octanol–water partition coefficient (Wildman–Crippen LogP) is 5.51. The van der Waals surface area contributed by atoms with E-state index in [0.29, 0.717) is 18.6 Å². The van der Waals surface area contributed by atoms with Gasteiger partial charge in [0, 0.05) is 50.5 Å². The molecule has 0 saturated carbocycles. The Balaban J connectivity index is 1.86. The number of halogens is 3. The SMILES string of the molecule is COc1cc(C(F)(F)F)ccc1CN[C@@H]1[C@@H](C(C)(C)C)[C@H](C(=O)O)N(C(=O)C2CCCCO2)[C@@H]1c1ccccc1N(C)C. The molecule has 2 saturated heterocycles. The molecule has 2 heterocycles. The highest BCUT2D eigenvalue weighted by molar-refractivity contribution is 5.88. The standard InChI is InChI=1S/C32H42F3N3O5/c1-31(2,3)25-26(36-18-19-14-15-20(32(33,34)35)17-24(19)42-6)27(21-11-7-8-12-22(21)37(4)5)38(28(25)30(40)41)29(39)23-13-9-10-16-43-23/h7-8,11-12,14-15,17,23,25-28,36H,9-10,13,16,18H2,1-6H3,(H,40,41)/t23?,25-,26-,27-,28-/m1/s1. The number of methoxy groups -OCH3 is 1. The maximum Gasteiger partial charge on any atom is 0.416 e. The van der Waals surface area contributed by atoms with Crippen molar-refractivity contribution < 1.29 is 37.3 Å². The molecular formula is C32H42F3N3O5. The molecule has 236 valence electrons. The van der Waals surface area contributed by atoms with Crippen LogP contribution in [0.5, 0.6) is 5.75 Å². The fourth-order valence-corrected chi connectivity index (χ4v) is 6.59. The van der Waals surface area contributed by atoms with Crippen molar-refractivity contribution in [1.29, 1.82) is 0 Å². The van der Waals surface area contributed by atoms with Gasteiger partial charge in [-0.1, -0.05) is 45.0 Å². The molecule has 1 unspecified atom stereocenters. The first-order valence-electron chi connectivity index (χ1n) is 14.6. The summed E-state index contributed by atoms with van der Waals surface area (Å²) in [5, 5.41) is 14.2. The molecule has 2 aromatic carbocycles. The number of benzene rings is 2. The number of anilines is 1. The molecule has 2 aliphatic rings. The minimum Gasteiger partial charge on any atom is -0.496 e. The number of amides is 1. The summed E-state index contributed by atoms with van der Waals surface area (Å²) in [6, 6.07) is 8.44. The summed E-state index contributed by atoms with van der Waals surface area (Å²) in [7, 11) is 5.08. The van der Waals surface area contributed by atoms with E-state index in [0.717, 1.165) is 36.2 Å². The van der Waals surface area contributed by atoms with E-state index in [1.807, 2.05) is 64.0 Å². The van der Waals surface area contributed by atoms with Gasteiger partial charge in [0.15, 0.2) is 0 Å². The van der Waals surface area contributed by atoms with Crippen LogP contribution in [0, 0.1) is 11.3 Å². The number of nitrogens with zero attached hydrogens (tertiary/aromatic N) is 2. The number of hydrogen-bond acceptors (Lipinski definition) is 6. The number of carboxylic acids is 1. The molecule has 2 fully saturated rings. The third kappa shape index (κ3) is 6.77. The van der Waals surface area contributed by atoms with Crippen LogP contribution in [0.3, 0.4) is 0 Å². The normalized spacial score (nSPS) is 24.6. The first-order chi connectivity index (χ1) is 20.2. The van der Waals surface area contributed by atoms with Crippen LogP contribution in [0.25, 0.3) is 0 Å². The van der Waals surface area contributed by atoms with Gasteiger partial charge in [0.1, 0.15) is 17.9 Å². The molecule has 0 aromatic heterocycles. The van der Waals surface area contributed by atoms with Crippen LogP contribution in [0.2, 0.25) is 0 Å². The number of carbonyl (C=O) groups is 2. The Hall–Kier alpha value is -3.31. The number of likely N-dealkylation sites (tertiary alicyclic amines) is 1. The van der Waals surface area contributed by atoms with Crippen molar-refractivity contribution >= 4 is 17.6 Å². The lowest BCUT2D eigenvalue weighted by Crippen LogP contribution is -2.51. The lowest BCUT2D eigenvalue weighted by molar-refractivity contribution is -0.159. The highest BCUT2D eigenvalue weighted by Crippen LogP contribution is 2.50. The van der Waals surface area contributed by atoms with Crippen molar-refractivity contribution in [3.8, 4) is 5.75 Å². The molecule has 0 bridgehead atoms. The maximum atomic E-state index is 14.3. The van der Waals surface area contributed by atoms with E-state index in [4.69, 9.17) is 9.47 Å². The fourth-order valence-electron chi connectivity index (χ4n) is 6.59. The summed E-state index contributed by atoms with van der Waals surface area (Å²) in [6.45, 7) is 6.36. The minimum atomic E-state index is -4.53. The molecule has 4 rings (SSSR count). The maximum absolute atomic E-state index is 14.3. The third-order valence-corrected chi connectivity index (χ3v) is 8.51. The second-order valence-electron chi connectivity index (χ2n) is 12.6. The zero-order valence-corrected chi connectivity index (χ0v) is 25.6. The molecule has 11 heteroatoms. The highest BCUT2D eigenvalue weighted by atomic mass is 19.4. The number of para-hydroxylation sites is 1. The van der Waals surface area contributed by atoms with Crippen molar-refractivity contribution in [3.63, 3.8) is 0 Å². The summed E-state index contributed by atoms with van der Waals surface area (Å²) in [4.78, 5) is 30.8. The van der Waals surface area contributed by atoms with Crippen molar-refractivity contribution in [1.82, 2.24) is 10.2 Å². The van der Waals surface area contributed by atoms with Gasteiger partial charge in [-0.3, -0.25) is 4.79 Å². The average molecular weight is 606 g/mol. The zero-order valence-electron chi connectivity index (χ0n) is 25.6. The summed E-state index contributed by atoms with van der Waals surface area (Å²) >= 11 is 0. The number of aliphatic carboxylic acids is 1. The van der Waals surface area contributed by atoms with Crippen molar-refractivity contribution in [2.24, 2.45) is 11.3 Å². The van der Waals surface area contributed by atoms with Crippen LogP contribution in [-0.2, 0) is 27.0 Å². The molecule has 0 spiro atoms. The van der Waals surface area contributed by atoms with Crippen LogP contribution >= 0.6 is 0 Å². The lowest BCUT2D eigenvalue weighted by Gasteiger charge is -2.36. The van der Waals surface area contributed by atoms with Gasteiger partial charge in [0.05, 0.1) is 18.7 Å². The lowest BCUT2D eigenvalue weighted by atomic mass is 9.72. The summed E-state index contributed by atoms with van der Waals surface area (Å²) < 4.78 is 51.4. The smallest absolute Gasteiger partial charge is 0.416 e. The van der Waals surface area contributed by atoms with E-state index in [1.54, 1.807) is 0 Å². The molecule has 2 aromatic rings. The monoisotopic (exact) mass is 605 g/mol. The van der Waals surface area contributed by atoms with Gasteiger partial charge in [-0.05, 0) is 48.4 Å². The van der Waals surface area contributed by atoms with Gasteiger partial charge >= 0.3 is 12.1 Å². The minimum absolute atomic E-state index is 0.0659. The average Bonchev–Trinajstić information content (AvgIpc) is 3.31. The quantitative estimate of drug-likeness (QED) is 0.410. The van der Waals surface area contributed by atoms with E-state index < -0.39 is 53.3 Å². The second kappa shape index (κ2) is 12.7. The van der Waals surface area contributed by atoms with E-state index in [9.17, 15) is 27.9 Å². The Bertz CT molecular complexity index is 1300. The largest absolute Gasteiger partial charge is 0.496 e. The van der Waals surface area contributed by atoms with Crippen molar-refractivity contribution in [2.45, 2.75) is 77.0 Å². The predicted molar refractivity (Wildman–Crippen MR) is 157 cm³/mol.